The first-order valence-corrected chi connectivity index (χ1v) is 16.7. The van der Waals surface area contributed by atoms with E-state index in [4.69, 9.17) is 18.9 Å². The van der Waals surface area contributed by atoms with Crippen molar-refractivity contribution in [3.63, 3.8) is 0 Å². The number of carboxylic acids is 1. The molecule has 3 atom stereocenters. The van der Waals surface area contributed by atoms with Gasteiger partial charge in [0.1, 0.15) is 12.7 Å². The highest BCUT2D eigenvalue weighted by Gasteiger charge is 2.46. The van der Waals surface area contributed by atoms with Crippen molar-refractivity contribution in [2.24, 2.45) is 11.3 Å². The third kappa shape index (κ3) is 14.1. The van der Waals surface area contributed by atoms with Crippen LogP contribution in [0.4, 0.5) is 0 Å². The fourth-order valence-corrected chi connectivity index (χ4v) is 5.22. The molecule has 1 aromatic rings. The molecule has 0 radical (unpaired) electrons. The van der Waals surface area contributed by atoms with Gasteiger partial charge >= 0.3 is 23.9 Å². The van der Waals surface area contributed by atoms with Crippen molar-refractivity contribution in [1.82, 2.24) is 0 Å². The SMILES string of the molecule is CCCCCCCCCCCCCCC(C[C@H](OC(C)=O)[C@H]1OC(=O)C(OC(=O)C(C)(C)C)=C1OCc1ccccc1)C(=O)O. The summed E-state index contributed by atoms with van der Waals surface area (Å²) >= 11 is 0. The van der Waals surface area contributed by atoms with E-state index in [0.29, 0.717) is 12.8 Å². The molecule has 0 aliphatic carbocycles. The number of carboxylic acid groups (broad SMARTS) is 1. The number of aliphatic carboxylic acids is 1. The summed E-state index contributed by atoms with van der Waals surface area (Å²) in [5.74, 6) is -4.64. The summed E-state index contributed by atoms with van der Waals surface area (Å²) in [5.41, 5.74) is -0.141. The van der Waals surface area contributed by atoms with Gasteiger partial charge in [-0.3, -0.25) is 14.4 Å². The van der Waals surface area contributed by atoms with E-state index in [-0.39, 0.29) is 18.8 Å². The van der Waals surface area contributed by atoms with Gasteiger partial charge in [-0.1, -0.05) is 114 Å². The van der Waals surface area contributed by atoms with Crippen LogP contribution in [-0.4, -0.2) is 41.2 Å². The second-order valence-corrected chi connectivity index (χ2v) is 13.0. The third-order valence-corrected chi connectivity index (χ3v) is 7.87. The Hall–Kier alpha value is -3.36. The molecule has 0 saturated carbocycles. The van der Waals surface area contributed by atoms with E-state index in [1.807, 2.05) is 30.3 Å². The lowest BCUT2D eigenvalue weighted by Crippen LogP contribution is -2.36. The second kappa shape index (κ2) is 19.9. The molecule has 0 amide bonds. The van der Waals surface area contributed by atoms with E-state index in [2.05, 4.69) is 6.92 Å². The van der Waals surface area contributed by atoms with Crippen molar-refractivity contribution in [1.29, 1.82) is 0 Å². The largest absolute Gasteiger partial charge is 0.485 e. The van der Waals surface area contributed by atoms with Gasteiger partial charge in [-0.2, -0.15) is 0 Å². The molecular formula is C36H54O9. The Labute approximate surface area is 269 Å². The topological polar surface area (TPSA) is 125 Å². The summed E-state index contributed by atoms with van der Waals surface area (Å²) in [5, 5.41) is 10.0. The zero-order valence-electron chi connectivity index (χ0n) is 27.9. The smallest absolute Gasteiger partial charge is 0.379 e. The van der Waals surface area contributed by atoms with Gasteiger partial charge < -0.3 is 24.1 Å². The number of hydrogen-bond acceptors (Lipinski definition) is 8. The molecule has 1 heterocycles. The Kier molecular flexibility index (Phi) is 16.7. The van der Waals surface area contributed by atoms with E-state index in [1.54, 1.807) is 20.8 Å². The first-order valence-electron chi connectivity index (χ1n) is 16.7. The van der Waals surface area contributed by atoms with E-state index in [1.165, 1.54) is 58.3 Å². The van der Waals surface area contributed by atoms with E-state index in [9.17, 15) is 24.3 Å². The summed E-state index contributed by atoms with van der Waals surface area (Å²) in [6.45, 7) is 8.39. The summed E-state index contributed by atoms with van der Waals surface area (Å²) < 4.78 is 22.6. The minimum Gasteiger partial charge on any atom is -0.485 e. The number of unbranched alkanes of at least 4 members (excludes halogenated alkanes) is 11. The van der Waals surface area contributed by atoms with Crippen molar-refractivity contribution < 1.29 is 43.2 Å². The lowest BCUT2D eigenvalue weighted by atomic mass is 9.92. The molecule has 1 aliphatic heterocycles. The third-order valence-electron chi connectivity index (χ3n) is 7.87. The summed E-state index contributed by atoms with van der Waals surface area (Å²) in [6, 6.07) is 9.16. The van der Waals surface area contributed by atoms with E-state index < -0.39 is 53.2 Å². The predicted octanol–water partition coefficient (Wildman–Crippen LogP) is 8.04. The van der Waals surface area contributed by atoms with Gasteiger partial charge in [0.15, 0.2) is 11.9 Å². The maximum atomic E-state index is 13.0. The molecule has 0 fully saturated rings. The molecule has 252 valence electrons. The molecule has 9 heteroatoms. The van der Waals surface area contributed by atoms with E-state index in [0.717, 1.165) is 24.8 Å². The monoisotopic (exact) mass is 630 g/mol. The Balaban J connectivity index is 2.07. The molecule has 0 saturated heterocycles. The van der Waals surface area contributed by atoms with Gasteiger partial charge in [0, 0.05) is 13.3 Å². The average Bonchev–Trinajstić information content (AvgIpc) is 3.29. The maximum absolute atomic E-state index is 13.0. The van der Waals surface area contributed by atoms with Gasteiger partial charge in [-0.25, -0.2) is 4.79 Å². The minimum absolute atomic E-state index is 0.0217. The molecule has 0 spiro atoms. The molecule has 1 unspecified atom stereocenters. The summed E-state index contributed by atoms with van der Waals surface area (Å²) in [6.07, 6.45) is 11.9. The van der Waals surface area contributed by atoms with Crippen molar-refractivity contribution >= 4 is 23.9 Å². The van der Waals surface area contributed by atoms with Crippen LogP contribution in [0.3, 0.4) is 0 Å². The van der Waals surface area contributed by atoms with Gasteiger partial charge in [0.2, 0.25) is 0 Å². The van der Waals surface area contributed by atoms with Crippen LogP contribution in [0.2, 0.25) is 0 Å². The minimum atomic E-state index is -1.27. The van der Waals surface area contributed by atoms with Crippen molar-refractivity contribution in [3.8, 4) is 0 Å². The number of benzene rings is 1. The van der Waals surface area contributed by atoms with Crippen LogP contribution < -0.4 is 0 Å². The zero-order valence-corrected chi connectivity index (χ0v) is 27.9. The number of cyclic esters (lactones) is 1. The number of hydrogen-bond donors (Lipinski definition) is 1. The van der Waals surface area contributed by atoms with Crippen molar-refractivity contribution in [2.45, 2.75) is 143 Å². The fraction of sp³-hybridized carbons (Fsp3) is 0.667. The quantitative estimate of drug-likeness (QED) is 0.0769. The van der Waals surface area contributed by atoms with Crippen LogP contribution >= 0.6 is 0 Å². The maximum Gasteiger partial charge on any atom is 0.379 e. The highest BCUT2D eigenvalue weighted by Crippen LogP contribution is 2.34. The van der Waals surface area contributed by atoms with Crippen LogP contribution in [0.5, 0.6) is 0 Å². The first-order chi connectivity index (χ1) is 21.4. The highest BCUT2D eigenvalue weighted by atomic mass is 16.6. The Bertz CT molecular complexity index is 1100. The molecule has 9 nitrogen and oxygen atoms in total. The molecule has 45 heavy (non-hydrogen) atoms. The molecular weight excluding hydrogens is 576 g/mol. The van der Waals surface area contributed by atoms with Gasteiger partial charge in [-0.05, 0) is 32.8 Å². The average molecular weight is 631 g/mol. The standard InChI is InChI=1S/C36H54O9/c1-6-7-8-9-10-11-12-13-14-15-16-20-23-28(33(38)39)24-29(43-26(2)37)30-31(42-25-27-21-18-17-19-22-27)32(34(40)44-30)45-35(41)36(3,4)5/h17-19,21-22,28-30H,6-16,20,23-25H2,1-5H3,(H,38,39)/t28?,29-,30+/m0/s1. The zero-order chi connectivity index (χ0) is 33.2. The molecule has 1 aliphatic rings. The lowest BCUT2D eigenvalue weighted by molar-refractivity contribution is -0.165. The Morgan fingerprint density at radius 1 is 0.889 bits per heavy atom. The van der Waals surface area contributed by atoms with Crippen LogP contribution in [0, 0.1) is 11.3 Å². The van der Waals surface area contributed by atoms with Crippen LogP contribution in [0.25, 0.3) is 0 Å². The fourth-order valence-electron chi connectivity index (χ4n) is 5.22. The molecule has 1 aromatic carbocycles. The normalized spacial score (nSPS) is 16.2. The Morgan fingerprint density at radius 2 is 1.44 bits per heavy atom. The molecule has 2 rings (SSSR count). The molecule has 1 N–H and O–H groups in total. The number of carbonyl (C=O) groups excluding carboxylic acids is 3. The van der Waals surface area contributed by atoms with E-state index >= 15 is 0 Å². The second-order valence-electron chi connectivity index (χ2n) is 13.0. The number of esters is 3. The molecule has 0 aromatic heterocycles. The predicted molar refractivity (Wildman–Crippen MR) is 171 cm³/mol. The molecule has 0 bridgehead atoms. The number of rotatable bonds is 22. The lowest BCUT2D eigenvalue weighted by Gasteiger charge is -2.26. The first kappa shape index (κ1) is 37.8. The van der Waals surface area contributed by atoms with Gasteiger partial charge in [0.25, 0.3) is 5.76 Å². The van der Waals surface area contributed by atoms with Crippen LogP contribution in [-0.2, 0) is 44.7 Å². The number of ether oxygens (including phenoxy) is 4. The summed E-state index contributed by atoms with van der Waals surface area (Å²) in [4.78, 5) is 50.1. The Morgan fingerprint density at radius 3 is 1.96 bits per heavy atom. The van der Waals surface area contributed by atoms with Crippen molar-refractivity contribution in [3.05, 3.63) is 47.4 Å². The van der Waals surface area contributed by atoms with Crippen LogP contribution in [0.15, 0.2) is 41.9 Å². The highest BCUT2D eigenvalue weighted by molar-refractivity contribution is 5.93. The van der Waals surface area contributed by atoms with Gasteiger partial charge in [-0.15, -0.1) is 0 Å². The van der Waals surface area contributed by atoms with Gasteiger partial charge in [0.05, 0.1) is 11.3 Å². The van der Waals surface area contributed by atoms with Crippen LogP contribution in [0.1, 0.15) is 130 Å². The number of carbonyl (C=O) groups is 4. The van der Waals surface area contributed by atoms with Crippen molar-refractivity contribution in [2.75, 3.05) is 0 Å². The summed E-state index contributed by atoms with van der Waals surface area (Å²) in [7, 11) is 0.